The van der Waals surface area contributed by atoms with Gasteiger partial charge in [-0.2, -0.15) is 0 Å². The summed E-state index contributed by atoms with van der Waals surface area (Å²) in [4.78, 5) is 16.6. The maximum atomic E-state index is 12.4. The Bertz CT molecular complexity index is 467. The maximum absolute atomic E-state index is 12.4. The first kappa shape index (κ1) is 16.8. The van der Waals surface area contributed by atoms with Gasteiger partial charge in [0.15, 0.2) is 0 Å². The largest absolute Gasteiger partial charge is 0.464 e. The van der Waals surface area contributed by atoms with Crippen LogP contribution in [0.5, 0.6) is 0 Å². The van der Waals surface area contributed by atoms with Crippen LogP contribution in [0.2, 0.25) is 0 Å². The average Bonchev–Trinajstić information content (AvgIpc) is 3.03. The lowest BCUT2D eigenvalue weighted by molar-refractivity contribution is 0.125. The normalized spacial score (nSPS) is 17.5. The van der Waals surface area contributed by atoms with Gasteiger partial charge in [0.25, 0.3) is 0 Å². The lowest BCUT2D eigenvalue weighted by atomic mass is 10.2. The molecule has 1 aromatic rings. The first-order valence-electron chi connectivity index (χ1n) is 8.03. The van der Waals surface area contributed by atoms with Gasteiger partial charge in [0.05, 0.1) is 6.61 Å². The summed E-state index contributed by atoms with van der Waals surface area (Å²) in [5.74, 6) is 1.67. The highest BCUT2D eigenvalue weighted by Gasteiger charge is 2.24. The van der Waals surface area contributed by atoms with Gasteiger partial charge in [0, 0.05) is 39.7 Å². The Labute approximate surface area is 132 Å². The number of amides is 2. The van der Waals surface area contributed by atoms with Crippen molar-refractivity contribution in [1.82, 2.24) is 15.1 Å². The summed E-state index contributed by atoms with van der Waals surface area (Å²) in [5.41, 5.74) is 0. The van der Waals surface area contributed by atoms with Crippen LogP contribution >= 0.6 is 0 Å². The highest BCUT2D eigenvalue weighted by Crippen LogP contribution is 2.18. The van der Waals surface area contributed by atoms with Crippen molar-refractivity contribution >= 4 is 6.03 Å². The standard InChI is InChI=1S/C16H27N3O3/c1-4-13-6-7-15(22-13)14(12-21-3)17-16(20)19-10-8-18(5-2)9-11-19/h6-7,14H,4-5,8-12H2,1-3H3,(H,17,20)/t14-/m1/s1. The zero-order valence-electron chi connectivity index (χ0n) is 13.8. The van der Waals surface area contributed by atoms with Crippen molar-refractivity contribution < 1.29 is 13.9 Å². The number of rotatable bonds is 6. The molecule has 0 unspecified atom stereocenters. The molecule has 6 nitrogen and oxygen atoms in total. The van der Waals surface area contributed by atoms with Gasteiger partial charge >= 0.3 is 6.03 Å². The van der Waals surface area contributed by atoms with Crippen molar-refractivity contribution in [2.45, 2.75) is 26.3 Å². The molecular weight excluding hydrogens is 282 g/mol. The van der Waals surface area contributed by atoms with Gasteiger partial charge < -0.3 is 24.3 Å². The minimum atomic E-state index is -0.248. The van der Waals surface area contributed by atoms with Crippen molar-refractivity contribution in [2.24, 2.45) is 0 Å². The number of hydrogen-bond donors (Lipinski definition) is 1. The fourth-order valence-electron chi connectivity index (χ4n) is 2.64. The molecule has 1 atom stereocenters. The van der Waals surface area contributed by atoms with Gasteiger partial charge in [-0.15, -0.1) is 0 Å². The van der Waals surface area contributed by atoms with Crippen molar-refractivity contribution in [2.75, 3.05) is 46.4 Å². The van der Waals surface area contributed by atoms with E-state index in [2.05, 4.69) is 17.1 Å². The molecule has 0 aliphatic carbocycles. The van der Waals surface area contributed by atoms with E-state index >= 15 is 0 Å². The van der Waals surface area contributed by atoms with Gasteiger partial charge in [-0.25, -0.2) is 4.79 Å². The van der Waals surface area contributed by atoms with Crippen LogP contribution < -0.4 is 5.32 Å². The topological polar surface area (TPSA) is 58.0 Å². The number of hydrogen-bond acceptors (Lipinski definition) is 4. The number of likely N-dealkylation sites (N-methyl/N-ethyl adjacent to an activating group) is 1. The van der Waals surface area contributed by atoms with E-state index in [4.69, 9.17) is 9.15 Å². The first-order valence-corrected chi connectivity index (χ1v) is 8.03. The number of carbonyl (C=O) groups is 1. The fourth-order valence-corrected chi connectivity index (χ4v) is 2.64. The van der Waals surface area contributed by atoms with Crippen molar-refractivity contribution in [3.05, 3.63) is 23.7 Å². The molecule has 0 spiro atoms. The summed E-state index contributed by atoms with van der Waals surface area (Å²) in [7, 11) is 1.63. The molecule has 1 aromatic heterocycles. The SMILES string of the molecule is CCc1ccc([C@@H](COC)NC(=O)N2CCN(CC)CC2)o1. The molecule has 6 heteroatoms. The molecule has 0 aromatic carbocycles. The zero-order chi connectivity index (χ0) is 15.9. The van der Waals surface area contributed by atoms with Gasteiger partial charge in [-0.1, -0.05) is 13.8 Å². The number of aryl methyl sites for hydroxylation is 1. The minimum absolute atomic E-state index is 0.0488. The van der Waals surface area contributed by atoms with Gasteiger partial charge in [-0.3, -0.25) is 0 Å². The van der Waals surface area contributed by atoms with Crippen LogP contribution in [0.4, 0.5) is 4.79 Å². The molecule has 1 N–H and O–H groups in total. The molecule has 22 heavy (non-hydrogen) atoms. The summed E-state index contributed by atoms with van der Waals surface area (Å²) in [6.45, 7) is 9.01. The zero-order valence-corrected chi connectivity index (χ0v) is 13.8. The number of methoxy groups -OCH3 is 1. The maximum Gasteiger partial charge on any atom is 0.318 e. The Morgan fingerprint density at radius 1 is 1.32 bits per heavy atom. The van der Waals surface area contributed by atoms with E-state index < -0.39 is 0 Å². The van der Waals surface area contributed by atoms with Gasteiger partial charge in [0.1, 0.15) is 17.6 Å². The van der Waals surface area contributed by atoms with E-state index in [0.29, 0.717) is 6.61 Å². The lowest BCUT2D eigenvalue weighted by Crippen LogP contribution is -2.52. The van der Waals surface area contributed by atoms with E-state index in [-0.39, 0.29) is 12.1 Å². The Morgan fingerprint density at radius 3 is 2.59 bits per heavy atom. The van der Waals surface area contributed by atoms with E-state index in [1.807, 2.05) is 24.0 Å². The second-order valence-electron chi connectivity index (χ2n) is 5.54. The highest BCUT2D eigenvalue weighted by atomic mass is 16.5. The second-order valence-corrected chi connectivity index (χ2v) is 5.54. The molecule has 0 radical (unpaired) electrons. The number of urea groups is 1. The third-order valence-corrected chi connectivity index (χ3v) is 4.11. The summed E-state index contributed by atoms with van der Waals surface area (Å²) in [5, 5.41) is 3.02. The molecule has 2 amide bonds. The Kier molecular flexibility index (Phi) is 6.27. The van der Waals surface area contributed by atoms with E-state index in [1.54, 1.807) is 7.11 Å². The van der Waals surface area contributed by atoms with E-state index in [9.17, 15) is 4.79 Å². The molecule has 0 bridgehead atoms. The highest BCUT2D eigenvalue weighted by molar-refractivity contribution is 5.74. The molecule has 1 aliphatic heterocycles. The first-order chi connectivity index (χ1) is 10.7. The third-order valence-electron chi connectivity index (χ3n) is 4.11. The van der Waals surface area contributed by atoms with Crippen molar-refractivity contribution in [3.8, 4) is 0 Å². The second kappa shape index (κ2) is 8.19. The van der Waals surface area contributed by atoms with Crippen LogP contribution in [-0.4, -0.2) is 62.3 Å². The molecule has 1 saturated heterocycles. The molecule has 1 fully saturated rings. The molecule has 1 aliphatic rings. The lowest BCUT2D eigenvalue weighted by Gasteiger charge is -2.34. The molecule has 0 saturated carbocycles. The number of piperazine rings is 1. The summed E-state index contributed by atoms with van der Waals surface area (Å²) in [6, 6.07) is 3.57. The number of furan rings is 1. The third kappa shape index (κ3) is 4.24. The minimum Gasteiger partial charge on any atom is -0.464 e. The van der Waals surface area contributed by atoms with Crippen molar-refractivity contribution in [3.63, 3.8) is 0 Å². The fraction of sp³-hybridized carbons (Fsp3) is 0.688. The Morgan fingerprint density at radius 2 is 2.05 bits per heavy atom. The van der Waals surface area contributed by atoms with Gasteiger partial charge in [-0.05, 0) is 18.7 Å². The van der Waals surface area contributed by atoms with Crippen LogP contribution in [-0.2, 0) is 11.2 Å². The van der Waals surface area contributed by atoms with Crippen LogP contribution in [0, 0.1) is 0 Å². The number of ether oxygens (including phenoxy) is 1. The number of nitrogens with one attached hydrogen (secondary N) is 1. The van der Waals surface area contributed by atoms with Crippen LogP contribution in [0.15, 0.2) is 16.5 Å². The molecule has 2 rings (SSSR count). The number of carbonyl (C=O) groups excluding carboxylic acids is 1. The molecular formula is C16H27N3O3. The summed E-state index contributed by atoms with van der Waals surface area (Å²) >= 11 is 0. The average molecular weight is 309 g/mol. The predicted molar refractivity (Wildman–Crippen MR) is 84.9 cm³/mol. The van der Waals surface area contributed by atoms with Crippen LogP contribution in [0.1, 0.15) is 31.4 Å². The van der Waals surface area contributed by atoms with E-state index in [1.165, 1.54) is 0 Å². The smallest absolute Gasteiger partial charge is 0.318 e. The van der Waals surface area contributed by atoms with Crippen molar-refractivity contribution in [1.29, 1.82) is 0 Å². The van der Waals surface area contributed by atoms with E-state index in [0.717, 1.165) is 50.7 Å². The summed E-state index contributed by atoms with van der Waals surface area (Å²) in [6.07, 6.45) is 0.840. The predicted octanol–water partition coefficient (Wildman–Crippen LogP) is 1.88. The number of nitrogens with zero attached hydrogens (tertiary/aromatic N) is 2. The van der Waals surface area contributed by atoms with Gasteiger partial charge in [0.2, 0.25) is 0 Å². The Hall–Kier alpha value is -1.53. The monoisotopic (exact) mass is 309 g/mol. The summed E-state index contributed by atoms with van der Waals surface area (Å²) < 4.78 is 11.0. The Balaban J connectivity index is 1.94. The quantitative estimate of drug-likeness (QED) is 0.871. The molecule has 2 heterocycles. The van der Waals surface area contributed by atoms with Crippen LogP contribution in [0.3, 0.4) is 0 Å². The molecule has 124 valence electrons. The van der Waals surface area contributed by atoms with Crippen LogP contribution in [0.25, 0.3) is 0 Å².